The molecule has 0 saturated carbocycles. The second-order valence-corrected chi connectivity index (χ2v) is 5.31. The molecule has 110 valence electrons. The zero-order chi connectivity index (χ0) is 14.7. The van der Waals surface area contributed by atoms with Gasteiger partial charge in [-0.3, -0.25) is 0 Å². The largest absolute Gasteiger partial charge is 0.469 e. The molecule has 0 bridgehead atoms. The van der Waals surface area contributed by atoms with Gasteiger partial charge in [0, 0.05) is 19.5 Å². The minimum absolute atomic E-state index is 0.0965. The number of nitrogens with zero attached hydrogens (tertiary/aromatic N) is 2. The second-order valence-electron chi connectivity index (χ2n) is 5.31. The van der Waals surface area contributed by atoms with Gasteiger partial charge in [-0.2, -0.15) is 4.98 Å². The van der Waals surface area contributed by atoms with Crippen molar-refractivity contribution in [3.63, 3.8) is 0 Å². The molecule has 0 saturated heterocycles. The van der Waals surface area contributed by atoms with Gasteiger partial charge in [0.05, 0.1) is 0 Å². The Bertz CT molecular complexity index is 605. The van der Waals surface area contributed by atoms with Gasteiger partial charge in [0.15, 0.2) is 0 Å². The number of anilines is 1. The average molecular weight is 283 g/mol. The molecular formula is C17H21N3O. The van der Waals surface area contributed by atoms with Crippen LogP contribution in [0.15, 0.2) is 30.3 Å². The van der Waals surface area contributed by atoms with Crippen LogP contribution < -0.4 is 10.1 Å². The summed E-state index contributed by atoms with van der Waals surface area (Å²) in [6, 6.07) is 10.4. The van der Waals surface area contributed by atoms with Crippen LogP contribution in [0.2, 0.25) is 0 Å². The number of aromatic nitrogens is 2. The molecule has 0 spiro atoms. The van der Waals surface area contributed by atoms with Gasteiger partial charge in [-0.15, -0.1) is 0 Å². The summed E-state index contributed by atoms with van der Waals surface area (Å²) in [6.07, 6.45) is 4.23. The Hall–Kier alpha value is -2.10. The highest BCUT2D eigenvalue weighted by Gasteiger charge is 2.22. The summed E-state index contributed by atoms with van der Waals surface area (Å²) in [6.45, 7) is 2.05. The molecule has 1 N–H and O–H groups in total. The summed E-state index contributed by atoms with van der Waals surface area (Å²) < 4.78 is 6.18. The van der Waals surface area contributed by atoms with Gasteiger partial charge in [-0.05, 0) is 30.4 Å². The Balaban J connectivity index is 1.87. The van der Waals surface area contributed by atoms with Gasteiger partial charge < -0.3 is 10.1 Å². The van der Waals surface area contributed by atoms with Crippen LogP contribution in [0.3, 0.4) is 0 Å². The van der Waals surface area contributed by atoms with Crippen LogP contribution in [0.25, 0.3) is 0 Å². The number of aryl methyl sites for hydroxylation is 2. The first-order valence-electron chi connectivity index (χ1n) is 7.60. The molecule has 1 aliphatic rings. The third kappa shape index (κ3) is 2.99. The molecule has 0 aliphatic heterocycles. The lowest BCUT2D eigenvalue weighted by Crippen LogP contribution is -2.16. The van der Waals surface area contributed by atoms with E-state index in [0.29, 0.717) is 5.88 Å². The lowest BCUT2D eigenvalue weighted by molar-refractivity contribution is 0.175. The Morgan fingerprint density at radius 3 is 2.95 bits per heavy atom. The number of hydrogen-bond donors (Lipinski definition) is 1. The van der Waals surface area contributed by atoms with Crippen molar-refractivity contribution in [3.05, 3.63) is 47.3 Å². The molecular weight excluding hydrogens is 262 g/mol. The standard InChI is InChI=1S/C17H21N3O/c1-3-15-19-16(18-2)11-17(20-15)21-14-10-6-8-12-7-4-5-9-13(12)14/h4-5,7,9,11,14H,3,6,8,10H2,1-2H3,(H,18,19,20). The number of hydrogen-bond acceptors (Lipinski definition) is 4. The van der Waals surface area contributed by atoms with Gasteiger partial charge >= 0.3 is 0 Å². The molecule has 4 heteroatoms. The number of ether oxygens (including phenoxy) is 1. The Morgan fingerprint density at radius 2 is 2.14 bits per heavy atom. The zero-order valence-electron chi connectivity index (χ0n) is 12.6. The van der Waals surface area contributed by atoms with Crippen LogP contribution in [0.5, 0.6) is 5.88 Å². The fraction of sp³-hybridized carbons (Fsp3) is 0.412. The third-order valence-electron chi connectivity index (χ3n) is 3.90. The number of rotatable bonds is 4. The van der Waals surface area contributed by atoms with Crippen molar-refractivity contribution >= 4 is 5.82 Å². The molecule has 0 radical (unpaired) electrons. The Labute approximate surface area is 125 Å². The van der Waals surface area contributed by atoms with E-state index in [1.165, 1.54) is 11.1 Å². The molecule has 21 heavy (non-hydrogen) atoms. The van der Waals surface area contributed by atoms with E-state index in [-0.39, 0.29) is 6.10 Å². The fourth-order valence-electron chi connectivity index (χ4n) is 2.80. The third-order valence-corrected chi connectivity index (χ3v) is 3.90. The molecule has 0 fully saturated rings. The molecule has 4 nitrogen and oxygen atoms in total. The highest BCUT2D eigenvalue weighted by Crippen LogP contribution is 2.33. The summed E-state index contributed by atoms with van der Waals surface area (Å²) >= 11 is 0. The Morgan fingerprint density at radius 1 is 1.29 bits per heavy atom. The fourth-order valence-corrected chi connectivity index (χ4v) is 2.80. The summed E-state index contributed by atoms with van der Waals surface area (Å²) in [4.78, 5) is 8.90. The summed E-state index contributed by atoms with van der Waals surface area (Å²) in [5, 5.41) is 3.07. The SMILES string of the molecule is CCc1nc(NC)cc(OC2CCCc3ccccc32)n1. The number of nitrogens with one attached hydrogen (secondary N) is 1. The number of benzene rings is 1. The van der Waals surface area contributed by atoms with E-state index in [9.17, 15) is 0 Å². The first kappa shape index (κ1) is 13.9. The lowest BCUT2D eigenvalue weighted by atomic mass is 9.89. The van der Waals surface area contributed by atoms with E-state index in [1.54, 1.807) is 0 Å². The minimum Gasteiger partial charge on any atom is -0.469 e. The average Bonchev–Trinajstić information content (AvgIpc) is 2.55. The van der Waals surface area contributed by atoms with E-state index in [0.717, 1.165) is 37.3 Å². The van der Waals surface area contributed by atoms with E-state index in [1.807, 2.05) is 13.1 Å². The first-order chi connectivity index (χ1) is 10.3. The van der Waals surface area contributed by atoms with E-state index in [2.05, 4.69) is 46.5 Å². The maximum absolute atomic E-state index is 6.18. The summed E-state index contributed by atoms with van der Waals surface area (Å²) in [5.41, 5.74) is 2.69. The number of fused-ring (bicyclic) bond motifs is 1. The molecule has 1 heterocycles. The molecule has 1 aromatic carbocycles. The molecule has 1 atom stereocenters. The highest BCUT2D eigenvalue weighted by atomic mass is 16.5. The topological polar surface area (TPSA) is 47.0 Å². The molecule has 0 amide bonds. The molecule has 2 aromatic rings. The summed E-state index contributed by atoms with van der Waals surface area (Å²) in [7, 11) is 1.86. The quantitative estimate of drug-likeness (QED) is 0.932. The smallest absolute Gasteiger partial charge is 0.219 e. The van der Waals surface area contributed by atoms with Crippen LogP contribution in [0, 0.1) is 0 Å². The maximum atomic E-state index is 6.18. The van der Waals surface area contributed by atoms with E-state index < -0.39 is 0 Å². The predicted molar refractivity (Wildman–Crippen MR) is 83.7 cm³/mol. The second kappa shape index (κ2) is 6.12. The van der Waals surface area contributed by atoms with Crippen LogP contribution in [-0.2, 0) is 12.8 Å². The monoisotopic (exact) mass is 283 g/mol. The molecule has 3 rings (SSSR count). The van der Waals surface area contributed by atoms with Crippen molar-refractivity contribution in [3.8, 4) is 5.88 Å². The molecule has 1 aliphatic carbocycles. The van der Waals surface area contributed by atoms with Crippen molar-refractivity contribution < 1.29 is 4.74 Å². The van der Waals surface area contributed by atoms with Gasteiger partial charge in [-0.1, -0.05) is 31.2 Å². The maximum Gasteiger partial charge on any atom is 0.219 e. The lowest BCUT2D eigenvalue weighted by Gasteiger charge is -2.26. The molecule has 1 aromatic heterocycles. The van der Waals surface area contributed by atoms with Crippen molar-refractivity contribution in [2.24, 2.45) is 0 Å². The predicted octanol–water partition coefficient (Wildman–Crippen LogP) is 3.54. The van der Waals surface area contributed by atoms with Gasteiger partial charge in [0.2, 0.25) is 5.88 Å². The van der Waals surface area contributed by atoms with Crippen molar-refractivity contribution in [2.45, 2.75) is 38.7 Å². The van der Waals surface area contributed by atoms with E-state index in [4.69, 9.17) is 4.74 Å². The Kier molecular flexibility index (Phi) is 4.04. The molecule has 1 unspecified atom stereocenters. The highest BCUT2D eigenvalue weighted by molar-refractivity contribution is 5.38. The van der Waals surface area contributed by atoms with E-state index >= 15 is 0 Å². The first-order valence-corrected chi connectivity index (χ1v) is 7.60. The van der Waals surface area contributed by atoms with Crippen molar-refractivity contribution in [2.75, 3.05) is 12.4 Å². The summed E-state index contributed by atoms with van der Waals surface area (Å²) in [5.74, 6) is 2.27. The zero-order valence-corrected chi connectivity index (χ0v) is 12.6. The normalized spacial score (nSPS) is 17.1. The van der Waals surface area contributed by atoms with Gasteiger partial charge in [0.25, 0.3) is 0 Å². The minimum atomic E-state index is 0.0965. The van der Waals surface area contributed by atoms with Crippen molar-refractivity contribution in [1.82, 2.24) is 9.97 Å². The van der Waals surface area contributed by atoms with Crippen LogP contribution in [0.1, 0.15) is 42.8 Å². The van der Waals surface area contributed by atoms with Crippen molar-refractivity contribution in [1.29, 1.82) is 0 Å². The van der Waals surface area contributed by atoms with Crippen LogP contribution in [0.4, 0.5) is 5.82 Å². The van der Waals surface area contributed by atoms with Crippen LogP contribution >= 0.6 is 0 Å². The van der Waals surface area contributed by atoms with Gasteiger partial charge in [-0.25, -0.2) is 4.98 Å². The van der Waals surface area contributed by atoms with Gasteiger partial charge in [0.1, 0.15) is 17.7 Å². The van der Waals surface area contributed by atoms with Crippen LogP contribution in [-0.4, -0.2) is 17.0 Å².